The SMILES string of the molecule is O=C(NC(CN1CCCC1=O)c1ccccc1)c1cccc(S(=O)(=O)N2CCCCC2)c1. The number of nitrogens with zero attached hydrogens (tertiary/aromatic N) is 2. The summed E-state index contributed by atoms with van der Waals surface area (Å²) in [6, 6.07) is 15.4. The van der Waals surface area contributed by atoms with E-state index in [1.54, 1.807) is 17.0 Å². The molecular weight excluding hydrogens is 426 g/mol. The van der Waals surface area contributed by atoms with Gasteiger partial charge in [-0.1, -0.05) is 42.8 Å². The van der Waals surface area contributed by atoms with Crippen molar-refractivity contribution in [2.75, 3.05) is 26.2 Å². The normalized spacial score (nSPS) is 18.5. The van der Waals surface area contributed by atoms with Crippen molar-refractivity contribution in [1.29, 1.82) is 0 Å². The summed E-state index contributed by atoms with van der Waals surface area (Å²) in [7, 11) is -3.62. The molecule has 170 valence electrons. The lowest BCUT2D eigenvalue weighted by Crippen LogP contribution is -2.38. The molecule has 0 bridgehead atoms. The number of carbonyl (C=O) groups excluding carboxylic acids is 2. The Hall–Kier alpha value is -2.71. The Morgan fingerprint density at radius 3 is 2.38 bits per heavy atom. The van der Waals surface area contributed by atoms with Crippen LogP contribution in [0.4, 0.5) is 0 Å². The summed E-state index contributed by atoms with van der Waals surface area (Å²) in [6.45, 7) is 2.10. The van der Waals surface area contributed by atoms with Gasteiger partial charge in [0, 0.05) is 38.2 Å². The van der Waals surface area contributed by atoms with Crippen LogP contribution in [0.3, 0.4) is 0 Å². The number of piperidine rings is 1. The van der Waals surface area contributed by atoms with E-state index in [1.807, 2.05) is 30.3 Å². The maximum absolute atomic E-state index is 13.1. The first-order valence-corrected chi connectivity index (χ1v) is 12.6. The predicted molar refractivity (Wildman–Crippen MR) is 122 cm³/mol. The highest BCUT2D eigenvalue weighted by Crippen LogP contribution is 2.23. The number of amides is 2. The second-order valence-electron chi connectivity index (χ2n) is 8.37. The predicted octanol–water partition coefficient (Wildman–Crippen LogP) is 2.95. The molecule has 7 nitrogen and oxygen atoms in total. The third-order valence-electron chi connectivity index (χ3n) is 6.13. The Kier molecular flexibility index (Phi) is 6.91. The fourth-order valence-electron chi connectivity index (χ4n) is 4.33. The first-order chi connectivity index (χ1) is 15.4. The van der Waals surface area contributed by atoms with E-state index in [0.717, 1.165) is 31.2 Å². The molecule has 2 heterocycles. The largest absolute Gasteiger partial charge is 0.343 e. The lowest BCUT2D eigenvalue weighted by Gasteiger charge is -2.26. The Bertz CT molecular complexity index is 1070. The molecule has 2 fully saturated rings. The van der Waals surface area contributed by atoms with Crippen LogP contribution >= 0.6 is 0 Å². The second kappa shape index (κ2) is 9.83. The minimum absolute atomic E-state index is 0.0924. The molecule has 0 saturated carbocycles. The lowest BCUT2D eigenvalue weighted by atomic mass is 10.1. The molecule has 0 aromatic heterocycles. The first kappa shape index (κ1) is 22.5. The molecule has 2 amide bonds. The molecule has 8 heteroatoms. The first-order valence-electron chi connectivity index (χ1n) is 11.2. The minimum atomic E-state index is -3.62. The lowest BCUT2D eigenvalue weighted by molar-refractivity contribution is -0.128. The number of hydrogen-bond acceptors (Lipinski definition) is 4. The molecule has 2 aromatic carbocycles. The number of rotatable bonds is 7. The monoisotopic (exact) mass is 455 g/mol. The van der Waals surface area contributed by atoms with Crippen LogP contribution in [-0.2, 0) is 14.8 Å². The fraction of sp³-hybridized carbons (Fsp3) is 0.417. The molecule has 2 aromatic rings. The van der Waals surface area contributed by atoms with Crippen LogP contribution in [0.15, 0.2) is 59.5 Å². The van der Waals surface area contributed by atoms with Crippen molar-refractivity contribution in [1.82, 2.24) is 14.5 Å². The van der Waals surface area contributed by atoms with E-state index in [0.29, 0.717) is 32.6 Å². The smallest absolute Gasteiger partial charge is 0.251 e. The van der Waals surface area contributed by atoms with Gasteiger partial charge in [0.25, 0.3) is 5.91 Å². The summed E-state index contributed by atoms with van der Waals surface area (Å²) in [5.74, 6) is -0.268. The van der Waals surface area contributed by atoms with E-state index in [9.17, 15) is 18.0 Å². The molecule has 1 unspecified atom stereocenters. The van der Waals surface area contributed by atoms with Crippen LogP contribution in [0.5, 0.6) is 0 Å². The number of nitrogens with one attached hydrogen (secondary N) is 1. The molecule has 0 aliphatic carbocycles. The second-order valence-corrected chi connectivity index (χ2v) is 10.3. The minimum Gasteiger partial charge on any atom is -0.343 e. The van der Waals surface area contributed by atoms with Crippen LogP contribution < -0.4 is 5.32 Å². The number of hydrogen-bond donors (Lipinski definition) is 1. The van der Waals surface area contributed by atoms with Gasteiger partial charge in [-0.05, 0) is 43.0 Å². The van der Waals surface area contributed by atoms with Crippen LogP contribution in [0.1, 0.15) is 54.1 Å². The van der Waals surface area contributed by atoms with Crippen molar-refractivity contribution in [2.24, 2.45) is 0 Å². The van der Waals surface area contributed by atoms with Gasteiger partial charge >= 0.3 is 0 Å². The Morgan fingerprint density at radius 2 is 1.69 bits per heavy atom. The van der Waals surface area contributed by atoms with Crippen LogP contribution in [0.25, 0.3) is 0 Å². The molecule has 1 N–H and O–H groups in total. The van der Waals surface area contributed by atoms with Crippen molar-refractivity contribution >= 4 is 21.8 Å². The number of sulfonamides is 1. The zero-order valence-corrected chi connectivity index (χ0v) is 18.9. The quantitative estimate of drug-likeness (QED) is 0.695. The summed E-state index contributed by atoms with van der Waals surface area (Å²) >= 11 is 0. The van der Waals surface area contributed by atoms with Crippen molar-refractivity contribution in [3.63, 3.8) is 0 Å². The Balaban J connectivity index is 1.54. The molecular formula is C24H29N3O4S. The number of likely N-dealkylation sites (tertiary alicyclic amines) is 1. The molecule has 2 saturated heterocycles. The van der Waals surface area contributed by atoms with E-state index in [1.165, 1.54) is 16.4 Å². The van der Waals surface area contributed by atoms with E-state index in [2.05, 4.69) is 5.32 Å². The summed E-state index contributed by atoms with van der Waals surface area (Å²) < 4.78 is 27.5. The summed E-state index contributed by atoms with van der Waals surface area (Å²) in [5.41, 5.74) is 1.19. The molecule has 1 atom stereocenters. The third kappa shape index (κ3) is 5.02. The van der Waals surface area contributed by atoms with E-state index in [-0.39, 0.29) is 28.3 Å². The van der Waals surface area contributed by atoms with Gasteiger partial charge in [-0.2, -0.15) is 4.31 Å². The van der Waals surface area contributed by atoms with Crippen molar-refractivity contribution in [2.45, 2.75) is 43.0 Å². The molecule has 0 spiro atoms. The Morgan fingerprint density at radius 1 is 0.938 bits per heavy atom. The summed E-state index contributed by atoms with van der Waals surface area (Å²) in [4.78, 5) is 27.2. The number of benzene rings is 2. The summed E-state index contributed by atoms with van der Waals surface area (Å²) in [5, 5.41) is 3.01. The standard InChI is InChI=1S/C24H29N3O4S/c28-23-13-8-14-26(23)18-22(19-9-3-1-4-10-19)25-24(29)20-11-7-12-21(17-20)32(30,31)27-15-5-2-6-16-27/h1,3-4,7,9-12,17,22H,2,5-6,8,13-16,18H2,(H,25,29). The zero-order valence-electron chi connectivity index (χ0n) is 18.1. The third-order valence-corrected chi connectivity index (χ3v) is 8.03. The molecule has 4 rings (SSSR count). The maximum Gasteiger partial charge on any atom is 0.251 e. The van der Waals surface area contributed by atoms with Gasteiger partial charge in [-0.3, -0.25) is 9.59 Å². The molecule has 2 aliphatic rings. The fourth-order valence-corrected chi connectivity index (χ4v) is 5.89. The van der Waals surface area contributed by atoms with Gasteiger partial charge in [0.1, 0.15) is 0 Å². The van der Waals surface area contributed by atoms with Gasteiger partial charge in [0.05, 0.1) is 10.9 Å². The highest BCUT2D eigenvalue weighted by Gasteiger charge is 2.28. The average molecular weight is 456 g/mol. The number of carbonyl (C=O) groups is 2. The summed E-state index contributed by atoms with van der Waals surface area (Å²) in [6.07, 6.45) is 4.10. The van der Waals surface area contributed by atoms with Gasteiger partial charge in [-0.25, -0.2) is 8.42 Å². The molecule has 32 heavy (non-hydrogen) atoms. The van der Waals surface area contributed by atoms with Crippen LogP contribution in [-0.4, -0.2) is 55.6 Å². The van der Waals surface area contributed by atoms with E-state index in [4.69, 9.17) is 0 Å². The van der Waals surface area contributed by atoms with Crippen LogP contribution in [0, 0.1) is 0 Å². The molecule has 2 aliphatic heterocycles. The van der Waals surface area contributed by atoms with E-state index < -0.39 is 10.0 Å². The molecule has 0 radical (unpaired) electrons. The average Bonchev–Trinajstić information content (AvgIpc) is 3.24. The van der Waals surface area contributed by atoms with Gasteiger partial charge < -0.3 is 10.2 Å². The van der Waals surface area contributed by atoms with E-state index >= 15 is 0 Å². The van der Waals surface area contributed by atoms with Crippen LogP contribution in [0.2, 0.25) is 0 Å². The van der Waals surface area contributed by atoms with Crippen molar-refractivity contribution in [3.05, 3.63) is 65.7 Å². The van der Waals surface area contributed by atoms with Gasteiger partial charge in [0.2, 0.25) is 15.9 Å². The Labute approximate surface area is 189 Å². The van der Waals surface area contributed by atoms with Gasteiger partial charge in [0.15, 0.2) is 0 Å². The highest BCUT2D eigenvalue weighted by molar-refractivity contribution is 7.89. The maximum atomic E-state index is 13.1. The van der Waals surface area contributed by atoms with Crippen molar-refractivity contribution in [3.8, 4) is 0 Å². The zero-order chi connectivity index (χ0) is 22.6. The van der Waals surface area contributed by atoms with Gasteiger partial charge in [-0.15, -0.1) is 0 Å². The van der Waals surface area contributed by atoms with Crippen molar-refractivity contribution < 1.29 is 18.0 Å². The highest BCUT2D eigenvalue weighted by atomic mass is 32.2. The topological polar surface area (TPSA) is 86.8 Å².